The highest BCUT2D eigenvalue weighted by molar-refractivity contribution is 5.34. The minimum absolute atomic E-state index is 0.0665. The van der Waals surface area contributed by atoms with Crippen LogP contribution in [0.2, 0.25) is 0 Å². The molecule has 0 aliphatic carbocycles. The van der Waals surface area contributed by atoms with E-state index in [1.54, 1.807) is 12.1 Å². The van der Waals surface area contributed by atoms with E-state index < -0.39 is 0 Å². The quantitative estimate of drug-likeness (QED) is 0.680. The Morgan fingerprint density at radius 2 is 1.79 bits per heavy atom. The number of nitrogens with zero attached hydrogens (tertiary/aromatic N) is 1. The number of hydrogen-bond donors (Lipinski definition) is 0. The van der Waals surface area contributed by atoms with Crippen LogP contribution in [-0.2, 0) is 17.8 Å². The van der Waals surface area contributed by atoms with Gasteiger partial charge < -0.3 is 14.4 Å². The molecule has 3 nitrogen and oxygen atoms in total. The van der Waals surface area contributed by atoms with Gasteiger partial charge in [-0.2, -0.15) is 0 Å². The third-order valence-electron chi connectivity index (χ3n) is 6.34. The summed E-state index contributed by atoms with van der Waals surface area (Å²) >= 11 is 0. The highest BCUT2D eigenvalue weighted by atomic mass is 19.1. The third kappa shape index (κ3) is 4.39. The first-order valence-corrected chi connectivity index (χ1v) is 10.5. The molecule has 2 aromatic carbocycles. The molecule has 0 saturated carbocycles. The first kappa shape index (κ1) is 19.4. The van der Waals surface area contributed by atoms with Gasteiger partial charge in [0.1, 0.15) is 23.3 Å². The number of likely N-dealkylation sites (tertiary alicyclic amines) is 1. The van der Waals surface area contributed by atoms with E-state index in [1.807, 2.05) is 30.3 Å². The highest BCUT2D eigenvalue weighted by Crippen LogP contribution is 2.37. The predicted molar refractivity (Wildman–Crippen MR) is 109 cm³/mol. The van der Waals surface area contributed by atoms with Crippen molar-refractivity contribution in [1.29, 1.82) is 0 Å². The van der Waals surface area contributed by atoms with Crippen LogP contribution in [0.25, 0.3) is 0 Å². The molecule has 4 rings (SSSR count). The first-order chi connectivity index (χ1) is 13.6. The Kier molecular flexibility index (Phi) is 5.98. The molecule has 28 heavy (non-hydrogen) atoms. The number of ether oxygens (including phenoxy) is 2. The van der Waals surface area contributed by atoms with E-state index in [2.05, 4.69) is 17.9 Å². The molecular formula is C24H30FNO2. The molecular weight excluding hydrogens is 353 g/mol. The lowest BCUT2D eigenvalue weighted by Gasteiger charge is -2.43. The average molecular weight is 384 g/mol. The van der Waals surface area contributed by atoms with E-state index >= 15 is 0 Å². The van der Waals surface area contributed by atoms with Crippen LogP contribution in [0.15, 0.2) is 48.5 Å². The van der Waals surface area contributed by atoms with E-state index in [-0.39, 0.29) is 17.5 Å². The van der Waals surface area contributed by atoms with E-state index in [0.29, 0.717) is 6.61 Å². The van der Waals surface area contributed by atoms with Crippen molar-refractivity contribution in [2.75, 3.05) is 19.6 Å². The summed E-state index contributed by atoms with van der Waals surface area (Å²) < 4.78 is 25.7. The van der Waals surface area contributed by atoms with Gasteiger partial charge in [-0.05, 0) is 69.3 Å². The van der Waals surface area contributed by atoms with E-state index in [1.165, 1.54) is 12.0 Å². The molecule has 0 radical (unpaired) electrons. The zero-order valence-electron chi connectivity index (χ0n) is 16.7. The lowest BCUT2D eigenvalue weighted by atomic mass is 9.86. The Labute approximate surface area is 167 Å². The Bertz CT molecular complexity index is 768. The van der Waals surface area contributed by atoms with Crippen LogP contribution in [0.3, 0.4) is 0 Å². The molecule has 1 fully saturated rings. The Morgan fingerprint density at radius 1 is 1.04 bits per heavy atom. The van der Waals surface area contributed by atoms with Crippen LogP contribution in [0.4, 0.5) is 4.39 Å². The molecule has 1 saturated heterocycles. The van der Waals surface area contributed by atoms with Crippen LogP contribution in [-0.4, -0.2) is 36.2 Å². The number of fused-ring (bicyclic) bond motifs is 1. The molecule has 0 amide bonds. The van der Waals surface area contributed by atoms with Crippen molar-refractivity contribution < 1.29 is 13.9 Å². The minimum atomic E-state index is -0.177. The van der Waals surface area contributed by atoms with Crippen LogP contribution < -0.4 is 4.74 Å². The lowest BCUT2D eigenvalue weighted by Crippen LogP contribution is -2.53. The van der Waals surface area contributed by atoms with Gasteiger partial charge in [0.15, 0.2) is 0 Å². The summed E-state index contributed by atoms with van der Waals surface area (Å²) in [6, 6.07) is 15.1. The zero-order valence-corrected chi connectivity index (χ0v) is 16.7. The summed E-state index contributed by atoms with van der Waals surface area (Å²) in [5.41, 5.74) is 2.19. The summed E-state index contributed by atoms with van der Waals surface area (Å²) in [7, 11) is 0. The van der Waals surface area contributed by atoms with Crippen LogP contribution >= 0.6 is 0 Å². The van der Waals surface area contributed by atoms with Crippen molar-refractivity contribution in [3.05, 3.63) is 65.5 Å². The average Bonchev–Trinajstić information content (AvgIpc) is 2.85. The molecule has 0 bridgehead atoms. The van der Waals surface area contributed by atoms with Gasteiger partial charge >= 0.3 is 0 Å². The van der Waals surface area contributed by atoms with Gasteiger partial charge in [-0.1, -0.05) is 30.3 Å². The summed E-state index contributed by atoms with van der Waals surface area (Å²) in [5.74, 6) is 0.808. The second-order valence-electron chi connectivity index (χ2n) is 8.15. The smallest absolute Gasteiger partial charge is 0.125 e. The van der Waals surface area contributed by atoms with Gasteiger partial charge in [-0.3, -0.25) is 0 Å². The maximum atomic E-state index is 13.0. The number of benzene rings is 2. The second kappa shape index (κ2) is 8.62. The number of piperidine rings is 1. The summed E-state index contributed by atoms with van der Waals surface area (Å²) in [6.07, 6.45) is 5.42. The topological polar surface area (TPSA) is 21.7 Å². The van der Waals surface area contributed by atoms with Crippen molar-refractivity contribution in [1.82, 2.24) is 4.90 Å². The largest absolute Gasteiger partial charge is 0.487 e. The van der Waals surface area contributed by atoms with Crippen molar-refractivity contribution >= 4 is 0 Å². The van der Waals surface area contributed by atoms with E-state index in [0.717, 1.165) is 56.6 Å². The standard InChI is InChI=1S/C24H30FNO2/c1-19-24(27-18-21-7-2-3-8-23(21)28-19)13-16-26(17-14-24)15-5-4-6-20-9-11-22(25)12-10-20/h2-3,7-12,19H,4-6,13-18H2,1H3. The Morgan fingerprint density at radius 3 is 2.57 bits per heavy atom. The number of aryl methyl sites for hydroxylation is 1. The number of halogens is 1. The van der Waals surface area contributed by atoms with Crippen molar-refractivity contribution in [2.45, 2.75) is 57.3 Å². The summed E-state index contributed by atoms with van der Waals surface area (Å²) in [4.78, 5) is 2.55. The zero-order chi connectivity index (χ0) is 19.4. The maximum absolute atomic E-state index is 13.0. The SMILES string of the molecule is CC1Oc2ccccc2COC12CCN(CCCCc1ccc(F)cc1)CC2. The van der Waals surface area contributed by atoms with Crippen molar-refractivity contribution in [3.8, 4) is 5.75 Å². The van der Waals surface area contributed by atoms with Gasteiger partial charge in [0.05, 0.1) is 6.61 Å². The molecule has 2 aromatic rings. The van der Waals surface area contributed by atoms with Crippen LogP contribution in [0.1, 0.15) is 43.7 Å². The second-order valence-corrected chi connectivity index (χ2v) is 8.15. The molecule has 1 unspecified atom stereocenters. The third-order valence-corrected chi connectivity index (χ3v) is 6.34. The monoisotopic (exact) mass is 383 g/mol. The molecule has 0 N–H and O–H groups in total. The fraction of sp³-hybridized carbons (Fsp3) is 0.500. The number of para-hydroxylation sites is 1. The number of unbranched alkanes of at least 4 members (excludes halogenated alkanes) is 1. The van der Waals surface area contributed by atoms with Crippen LogP contribution in [0.5, 0.6) is 5.75 Å². The molecule has 1 spiro atoms. The summed E-state index contributed by atoms with van der Waals surface area (Å²) in [5, 5.41) is 0. The normalized spacial score (nSPS) is 21.7. The van der Waals surface area contributed by atoms with Gasteiger partial charge in [0.2, 0.25) is 0 Å². The molecule has 2 heterocycles. The fourth-order valence-electron chi connectivity index (χ4n) is 4.40. The van der Waals surface area contributed by atoms with E-state index in [9.17, 15) is 4.39 Å². The highest BCUT2D eigenvalue weighted by Gasteiger charge is 2.43. The molecule has 150 valence electrons. The van der Waals surface area contributed by atoms with Gasteiger partial charge in [0, 0.05) is 18.7 Å². The lowest BCUT2D eigenvalue weighted by molar-refractivity contribution is -0.136. The maximum Gasteiger partial charge on any atom is 0.125 e. The van der Waals surface area contributed by atoms with Gasteiger partial charge in [-0.15, -0.1) is 0 Å². The van der Waals surface area contributed by atoms with Gasteiger partial charge in [0.25, 0.3) is 0 Å². The predicted octanol–water partition coefficient (Wildman–Crippen LogP) is 4.98. The molecule has 2 aliphatic heterocycles. The van der Waals surface area contributed by atoms with Crippen LogP contribution in [0, 0.1) is 5.82 Å². The molecule has 1 atom stereocenters. The fourth-order valence-corrected chi connectivity index (χ4v) is 4.40. The minimum Gasteiger partial charge on any atom is -0.487 e. The van der Waals surface area contributed by atoms with E-state index in [4.69, 9.17) is 9.47 Å². The Hall–Kier alpha value is -1.91. The van der Waals surface area contributed by atoms with Crippen molar-refractivity contribution in [3.63, 3.8) is 0 Å². The Balaban J connectivity index is 1.23. The molecule has 2 aliphatic rings. The van der Waals surface area contributed by atoms with Crippen molar-refractivity contribution in [2.24, 2.45) is 0 Å². The summed E-state index contributed by atoms with van der Waals surface area (Å²) in [6.45, 7) is 6.02. The number of hydrogen-bond acceptors (Lipinski definition) is 3. The number of rotatable bonds is 5. The first-order valence-electron chi connectivity index (χ1n) is 10.5. The van der Waals surface area contributed by atoms with Gasteiger partial charge in [-0.25, -0.2) is 4.39 Å². The molecule has 0 aromatic heterocycles. The molecule has 4 heteroatoms.